The molecule has 0 atom stereocenters. The molecule has 0 spiro atoms. The van der Waals surface area contributed by atoms with Crippen LogP contribution in [0.2, 0.25) is 0 Å². The molecule has 0 unspecified atom stereocenters. The van der Waals surface area contributed by atoms with Gasteiger partial charge in [0.25, 0.3) is 0 Å². The molecule has 94 valence electrons. The Morgan fingerprint density at radius 3 is 2.59 bits per heavy atom. The third-order valence-corrected chi connectivity index (χ3v) is 5.10. The highest BCUT2D eigenvalue weighted by molar-refractivity contribution is 9.10. The van der Waals surface area contributed by atoms with Gasteiger partial charge in [-0.2, -0.15) is 0 Å². The second kappa shape index (κ2) is 6.66. The number of likely N-dealkylation sites (tertiary alicyclic amines) is 1. The zero-order valence-electron chi connectivity index (χ0n) is 9.95. The fraction of sp³-hybridized carbons (Fsp3) is 0.615. The van der Waals surface area contributed by atoms with E-state index in [-0.39, 0.29) is 5.78 Å². The number of Topliss-reactive ketones (excluding diaryl/α,β-unsaturated/α-hetero) is 1. The fourth-order valence-electron chi connectivity index (χ4n) is 2.23. The highest BCUT2D eigenvalue weighted by atomic mass is 79.9. The Morgan fingerprint density at radius 2 is 2.00 bits per heavy atom. The maximum absolute atomic E-state index is 12.0. The Labute approximate surface area is 115 Å². The zero-order chi connectivity index (χ0) is 12.1. The second-order valence-electron chi connectivity index (χ2n) is 4.53. The number of carbonyl (C=O) groups excluding carboxylic acids is 1. The van der Waals surface area contributed by atoms with Crippen LogP contribution in [-0.4, -0.2) is 30.3 Å². The van der Waals surface area contributed by atoms with Gasteiger partial charge in [0, 0.05) is 17.4 Å². The molecule has 1 aliphatic rings. The van der Waals surface area contributed by atoms with E-state index in [0.717, 1.165) is 15.9 Å². The van der Waals surface area contributed by atoms with Gasteiger partial charge in [0.2, 0.25) is 0 Å². The third-order valence-electron chi connectivity index (χ3n) is 3.22. The topological polar surface area (TPSA) is 20.3 Å². The molecule has 0 bridgehead atoms. The number of hydrogen-bond donors (Lipinski definition) is 0. The molecule has 17 heavy (non-hydrogen) atoms. The van der Waals surface area contributed by atoms with Gasteiger partial charge >= 0.3 is 0 Å². The van der Waals surface area contributed by atoms with Crippen LogP contribution in [0.25, 0.3) is 0 Å². The van der Waals surface area contributed by atoms with Gasteiger partial charge in [-0.1, -0.05) is 12.8 Å². The van der Waals surface area contributed by atoms with Crippen molar-refractivity contribution < 1.29 is 4.79 Å². The van der Waals surface area contributed by atoms with E-state index in [9.17, 15) is 4.79 Å². The van der Waals surface area contributed by atoms with Crippen molar-refractivity contribution in [3.05, 3.63) is 20.8 Å². The summed E-state index contributed by atoms with van der Waals surface area (Å²) >= 11 is 4.95. The van der Waals surface area contributed by atoms with Gasteiger partial charge < -0.3 is 4.90 Å². The molecule has 1 saturated heterocycles. The lowest BCUT2D eigenvalue weighted by atomic mass is 10.2. The van der Waals surface area contributed by atoms with Crippen LogP contribution >= 0.6 is 27.3 Å². The summed E-state index contributed by atoms with van der Waals surface area (Å²) in [5.74, 6) is 0.274. The Balaban J connectivity index is 1.81. The molecule has 0 saturated carbocycles. The third kappa shape index (κ3) is 3.90. The van der Waals surface area contributed by atoms with Crippen molar-refractivity contribution in [2.75, 3.05) is 19.6 Å². The average Bonchev–Trinajstić information content (AvgIpc) is 2.61. The Bertz CT molecular complexity index is 369. The summed E-state index contributed by atoms with van der Waals surface area (Å²) in [6, 6.07) is 1.95. The van der Waals surface area contributed by atoms with Crippen molar-refractivity contribution in [3.63, 3.8) is 0 Å². The second-order valence-corrected chi connectivity index (χ2v) is 6.30. The van der Waals surface area contributed by atoms with Crippen LogP contribution < -0.4 is 0 Å². The van der Waals surface area contributed by atoms with E-state index < -0.39 is 0 Å². The lowest BCUT2D eigenvalue weighted by Crippen LogP contribution is -2.27. The van der Waals surface area contributed by atoms with Crippen LogP contribution in [0.5, 0.6) is 0 Å². The van der Waals surface area contributed by atoms with E-state index in [0.29, 0.717) is 6.42 Å². The summed E-state index contributed by atoms with van der Waals surface area (Å²) in [5.41, 5.74) is 0. The monoisotopic (exact) mass is 315 g/mol. The molecule has 4 heteroatoms. The Kier molecular flexibility index (Phi) is 5.19. The molecule has 1 aromatic rings. The Morgan fingerprint density at radius 1 is 1.29 bits per heavy atom. The quantitative estimate of drug-likeness (QED) is 0.784. The van der Waals surface area contributed by atoms with Gasteiger partial charge in [-0.25, -0.2) is 0 Å². The number of thiophene rings is 1. The molecule has 1 aromatic heterocycles. The number of carbonyl (C=O) groups is 1. The summed E-state index contributed by atoms with van der Waals surface area (Å²) in [7, 11) is 0. The first kappa shape index (κ1) is 13.2. The van der Waals surface area contributed by atoms with Crippen molar-refractivity contribution in [2.24, 2.45) is 0 Å². The van der Waals surface area contributed by atoms with E-state index in [1.54, 1.807) is 0 Å². The molecule has 0 aromatic carbocycles. The van der Waals surface area contributed by atoms with Crippen molar-refractivity contribution in [1.82, 2.24) is 4.90 Å². The van der Waals surface area contributed by atoms with Crippen molar-refractivity contribution >= 4 is 33.0 Å². The minimum absolute atomic E-state index is 0.274. The highest BCUT2D eigenvalue weighted by Crippen LogP contribution is 2.24. The summed E-state index contributed by atoms with van der Waals surface area (Å²) in [6.07, 6.45) is 5.93. The predicted octanol–water partition coefficient (Wildman–Crippen LogP) is 3.96. The maximum Gasteiger partial charge on any atom is 0.175 e. The van der Waals surface area contributed by atoms with Crippen LogP contribution in [0.15, 0.2) is 15.9 Å². The number of halogens is 1. The van der Waals surface area contributed by atoms with Crippen molar-refractivity contribution in [2.45, 2.75) is 32.1 Å². The van der Waals surface area contributed by atoms with Gasteiger partial charge in [0.05, 0.1) is 4.88 Å². The van der Waals surface area contributed by atoms with Gasteiger partial charge in [-0.15, -0.1) is 11.3 Å². The summed E-state index contributed by atoms with van der Waals surface area (Å²) in [4.78, 5) is 15.3. The number of rotatable bonds is 4. The van der Waals surface area contributed by atoms with Crippen LogP contribution in [-0.2, 0) is 0 Å². The molecule has 1 fully saturated rings. The molecule has 0 radical (unpaired) electrons. The molecule has 0 amide bonds. The standard InChI is InChI=1S/C13H18BrNOS/c14-11-6-10-17-13(11)12(16)5-9-15-7-3-1-2-4-8-15/h6,10H,1-5,7-9H2. The van der Waals surface area contributed by atoms with Crippen LogP contribution in [0, 0.1) is 0 Å². The summed E-state index contributed by atoms with van der Waals surface area (Å²) in [6.45, 7) is 3.25. The molecule has 2 nitrogen and oxygen atoms in total. The lowest BCUT2D eigenvalue weighted by molar-refractivity contribution is 0.0968. The highest BCUT2D eigenvalue weighted by Gasteiger charge is 2.14. The molecular formula is C13H18BrNOS. The van der Waals surface area contributed by atoms with Gasteiger partial charge in [0.15, 0.2) is 5.78 Å². The predicted molar refractivity (Wildman–Crippen MR) is 75.9 cm³/mol. The minimum atomic E-state index is 0.274. The van der Waals surface area contributed by atoms with Gasteiger partial charge in [0.1, 0.15) is 0 Å². The van der Waals surface area contributed by atoms with Crippen LogP contribution in [0.1, 0.15) is 41.8 Å². The van der Waals surface area contributed by atoms with Crippen molar-refractivity contribution in [1.29, 1.82) is 0 Å². The first-order valence-electron chi connectivity index (χ1n) is 6.26. The van der Waals surface area contributed by atoms with E-state index in [1.165, 1.54) is 50.1 Å². The number of nitrogens with zero attached hydrogens (tertiary/aromatic N) is 1. The fourth-order valence-corrected chi connectivity index (χ4v) is 3.79. The molecule has 0 N–H and O–H groups in total. The van der Waals surface area contributed by atoms with E-state index in [2.05, 4.69) is 20.8 Å². The first-order chi connectivity index (χ1) is 8.27. The smallest absolute Gasteiger partial charge is 0.175 e. The number of ketones is 1. The first-order valence-corrected chi connectivity index (χ1v) is 7.93. The van der Waals surface area contributed by atoms with E-state index >= 15 is 0 Å². The van der Waals surface area contributed by atoms with E-state index in [1.807, 2.05) is 11.4 Å². The minimum Gasteiger partial charge on any atom is -0.303 e. The largest absolute Gasteiger partial charge is 0.303 e. The zero-order valence-corrected chi connectivity index (χ0v) is 12.4. The molecule has 1 aliphatic heterocycles. The summed E-state index contributed by atoms with van der Waals surface area (Å²) in [5, 5.41) is 1.96. The molecule has 2 rings (SSSR count). The lowest BCUT2D eigenvalue weighted by Gasteiger charge is -2.18. The SMILES string of the molecule is O=C(CCN1CCCCCC1)c1sccc1Br. The summed E-state index contributed by atoms with van der Waals surface area (Å²) < 4.78 is 0.948. The van der Waals surface area contributed by atoms with Gasteiger partial charge in [-0.3, -0.25) is 4.79 Å². The molecular weight excluding hydrogens is 298 g/mol. The normalized spacial score (nSPS) is 17.9. The molecule has 0 aliphatic carbocycles. The maximum atomic E-state index is 12.0. The van der Waals surface area contributed by atoms with Crippen LogP contribution in [0.3, 0.4) is 0 Å². The van der Waals surface area contributed by atoms with Crippen molar-refractivity contribution in [3.8, 4) is 0 Å². The van der Waals surface area contributed by atoms with E-state index in [4.69, 9.17) is 0 Å². The number of hydrogen-bond acceptors (Lipinski definition) is 3. The average molecular weight is 316 g/mol. The van der Waals surface area contributed by atoms with Gasteiger partial charge in [-0.05, 0) is 53.3 Å². The Hall–Kier alpha value is -0.190. The van der Waals surface area contributed by atoms with Crippen LogP contribution in [0.4, 0.5) is 0 Å². The molecule has 2 heterocycles.